The molecule has 3 heterocycles. The van der Waals surface area contributed by atoms with Crippen LogP contribution in [-0.2, 0) is 4.74 Å². The number of rotatable bonds is 0. The normalized spacial score (nSPS) is 26.7. The molecule has 5 nitrogen and oxygen atoms in total. The van der Waals surface area contributed by atoms with Gasteiger partial charge in [-0.2, -0.15) is 4.98 Å². The topological polar surface area (TPSA) is 53.4 Å². The highest BCUT2D eigenvalue weighted by molar-refractivity contribution is 6.15. The summed E-state index contributed by atoms with van der Waals surface area (Å²) in [5.74, 6) is 0. The third-order valence-electron chi connectivity index (χ3n) is 2.61. The molecule has 7 heteroatoms. The number of alkyl halides is 2. The summed E-state index contributed by atoms with van der Waals surface area (Å²) in [6, 6.07) is 1.40. The Bertz CT molecular complexity index is 455. The van der Waals surface area contributed by atoms with Crippen molar-refractivity contribution in [1.82, 2.24) is 9.55 Å². The van der Waals surface area contributed by atoms with Gasteiger partial charge in [-0.15, -0.1) is 11.6 Å². The smallest absolute Gasteiger partial charge is 0.302 e. The molecule has 3 unspecified atom stereocenters. The van der Waals surface area contributed by atoms with Crippen LogP contribution in [0.3, 0.4) is 0 Å². The molecule has 0 aromatic carbocycles. The van der Waals surface area contributed by atoms with Crippen molar-refractivity contribution in [1.29, 1.82) is 0 Å². The SMILES string of the molecule is CC.CCl.O=c1ccn2c(n1)OCC1CC(F)C2O1. The quantitative estimate of drug-likeness (QED) is 0.688. The lowest BCUT2D eigenvalue weighted by molar-refractivity contribution is -0.0137. The van der Waals surface area contributed by atoms with Gasteiger partial charge in [0.1, 0.15) is 12.8 Å². The van der Waals surface area contributed by atoms with Gasteiger partial charge >= 0.3 is 6.01 Å². The molecule has 0 radical (unpaired) electrons. The maximum Gasteiger partial charge on any atom is 0.302 e. The zero-order valence-electron chi connectivity index (χ0n) is 11.2. The largest absolute Gasteiger partial charge is 0.462 e. The lowest BCUT2D eigenvalue weighted by Gasteiger charge is -2.17. The highest BCUT2D eigenvalue weighted by Gasteiger charge is 2.40. The summed E-state index contributed by atoms with van der Waals surface area (Å²) in [7, 11) is 0. The minimum Gasteiger partial charge on any atom is -0.462 e. The second kappa shape index (κ2) is 7.45. The molecule has 2 aliphatic rings. The first-order valence-corrected chi connectivity index (χ1v) is 6.89. The van der Waals surface area contributed by atoms with Gasteiger partial charge in [0.05, 0.1) is 6.10 Å². The highest BCUT2D eigenvalue weighted by Crippen LogP contribution is 2.35. The predicted octanol–water partition coefficient (Wildman–Crippen LogP) is 2.14. The van der Waals surface area contributed by atoms with Gasteiger partial charge in [-0.3, -0.25) is 9.36 Å². The molecule has 2 bridgehead atoms. The van der Waals surface area contributed by atoms with Gasteiger partial charge in [0.25, 0.3) is 5.56 Å². The van der Waals surface area contributed by atoms with Crippen LogP contribution in [0.4, 0.5) is 4.39 Å². The molecular weight excluding hydrogens is 275 g/mol. The van der Waals surface area contributed by atoms with Crippen LogP contribution in [0.5, 0.6) is 6.01 Å². The Balaban J connectivity index is 0.000000415. The van der Waals surface area contributed by atoms with E-state index in [4.69, 9.17) is 9.47 Å². The third kappa shape index (κ3) is 3.45. The minimum absolute atomic E-state index is 0.136. The summed E-state index contributed by atoms with van der Waals surface area (Å²) in [6.45, 7) is 4.24. The van der Waals surface area contributed by atoms with Gasteiger partial charge < -0.3 is 9.47 Å². The van der Waals surface area contributed by atoms with E-state index in [1.165, 1.54) is 23.2 Å². The lowest BCUT2D eigenvalue weighted by atomic mass is 10.2. The van der Waals surface area contributed by atoms with E-state index in [1.807, 2.05) is 13.8 Å². The van der Waals surface area contributed by atoms with Gasteiger partial charge in [0.15, 0.2) is 6.23 Å². The Morgan fingerprint density at radius 2 is 2.16 bits per heavy atom. The standard InChI is InChI=1S/C9H9FN2O3.C2H6.CH3Cl/c10-6-3-5-4-14-9-11-7(13)1-2-12(9)8(6)15-5;2*1-2/h1-2,5-6,8H,3-4H2;1-2H3;1H3. The Labute approximate surface area is 116 Å². The fraction of sp³-hybridized carbons (Fsp3) is 0.667. The third-order valence-corrected chi connectivity index (χ3v) is 2.61. The van der Waals surface area contributed by atoms with Gasteiger partial charge in [-0.05, 0) is 0 Å². The average Bonchev–Trinajstić information content (AvgIpc) is 2.71. The van der Waals surface area contributed by atoms with E-state index in [9.17, 15) is 9.18 Å². The molecule has 1 aromatic heterocycles. The van der Waals surface area contributed by atoms with Crippen molar-refractivity contribution in [3.05, 3.63) is 22.6 Å². The van der Waals surface area contributed by atoms with Crippen molar-refractivity contribution < 1.29 is 13.9 Å². The van der Waals surface area contributed by atoms with Crippen LogP contribution in [-0.4, -0.2) is 34.8 Å². The van der Waals surface area contributed by atoms with E-state index < -0.39 is 18.0 Å². The van der Waals surface area contributed by atoms with Crippen molar-refractivity contribution in [2.45, 2.75) is 38.8 Å². The lowest BCUT2D eigenvalue weighted by Crippen LogP contribution is -2.23. The second-order valence-electron chi connectivity index (χ2n) is 3.67. The average molecular weight is 293 g/mol. The van der Waals surface area contributed by atoms with Crippen LogP contribution in [0.15, 0.2) is 17.1 Å². The zero-order chi connectivity index (χ0) is 14.4. The Morgan fingerprint density at radius 3 is 2.84 bits per heavy atom. The van der Waals surface area contributed by atoms with E-state index in [1.54, 1.807) is 0 Å². The number of hydrogen-bond donors (Lipinski definition) is 0. The summed E-state index contributed by atoms with van der Waals surface area (Å²) in [5.41, 5.74) is -0.394. The molecular formula is C12H18ClFN2O3. The number of fused-ring (bicyclic) bond motifs is 4. The van der Waals surface area contributed by atoms with E-state index >= 15 is 0 Å². The summed E-state index contributed by atoms with van der Waals surface area (Å²) >= 11 is 4.64. The molecule has 0 N–H and O–H groups in total. The number of aromatic nitrogens is 2. The molecule has 3 atom stereocenters. The summed E-state index contributed by atoms with van der Waals surface area (Å²) in [4.78, 5) is 14.7. The Kier molecular flexibility index (Phi) is 6.24. The summed E-state index contributed by atoms with van der Waals surface area (Å²) < 4.78 is 25.7. The first kappa shape index (κ1) is 15.9. The monoisotopic (exact) mass is 292 g/mol. The molecule has 19 heavy (non-hydrogen) atoms. The minimum atomic E-state index is -1.07. The molecule has 2 aliphatic heterocycles. The maximum absolute atomic E-state index is 13.5. The van der Waals surface area contributed by atoms with E-state index in [0.717, 1.165) is 0 Å². The van der Waals surface area contributed by atoms with E-state index in [0.29, 0.717) is 6.42 Å². The predicted molar refractivity (Wildman–Crippen MR) is 70.5 cm³/mol. The van der Waals surface area contributed by atoms with Crippen LogP contribution >= 0.6 is 11.6 Å². The van der Waals surface area contributed by atoms with Crippen molar-refractivity contribution in [2.24, 2.45) is 0 Å². The van der Waals surface area contributed by atoms with Crippen LogP contribution in [0.2, 0.25) is 0 Å². The van der Waals surface area contributed by atoms with Crippen molar-refractivity contribution in [3.8, 4) is 6.01 Å². The van der Waals surface area contributed by atoms with Crippen LogP contribution in [0, 0.1) is 0 Å². The zero-order valence-corrected chi connectivity index (χ0v) is 11.9. The maximum atomic E-state index is 13.5. The molecule has 3 rings (SSSR count). The van der Waals surface area contributed by atoms with E-state index in [-0.39, 0.29) is 18.7 Å². The molecule has 0 aliphatic carbocycles. The van der Waals surface area contributed by atoms with E-state index in [2.05, 4.69) is 16.6 Å². The Morgan fingerprint density at radius 1 is 1.47 bits per heavy atom. The number of ether oxygens (including phenoxy) is 2. The number of hydrogen-bond acceptors (Lipinski definition) is 4. The Hall–Kier alpha value is -1.14. The molecule has 1 aromatic rings. The van der Waals surface area contributed by atoms with Crippen LogP contribution in [0.1, 0.15) is 26.5 Å². The summed E-state index contributed by atoms with van der Waals surface area (Å²) in [6.07, 6.45) is 1.23. The molecule has 1 fully saturated rings. The van der Waals surface area contributed by atoms with Gasteiger partial charge in [-0.25, -0.2) is 4.39 Å². The molecule has 0 spiro atoms. The van der Waals surface area contributed by atoms with Crippen LogP contribution < -0.4 is 10.3 Å². The first-order chi connectivity index (χ1) is 9.24. The van der Waals surface area contributed by atoms with Crippen molar-refractivity contribution in [2.75, 3.05) is 13.0 Å². The fourth-order valence-electron chi connectivity index (χ4n) is 1.92. The highest BCUT2D eigenvalue weighted by atomic mass is 35.5. The van der Waals surface area contributed by atoms with Gasteiger partial charge in [0, 0.05) is 25.1 Å². The van der Waals surface area contributed by atoms with Crippen LogP contribution in [0.25, 0.3) is 0 Å². The summed E-state index contributed by atoms with van der Waals surface area (Å²) in [5, 5.41) is 0. The van der Waals surface area contributed by atoms with Crippen molar-refractivity contribution >= 4 is 11.6 Å². The molecule has 1 saturated heterocycles. The molecule has 108 valence electrons. The second-order valence-corrected chi connectivity index (χ2v) is 3.67. The number of nitrogens with zero attached hydrogens (tertiary/aromatic N) is 2. The molecule has 0 saturated carbocycles. The molecule has 0 amide bonds. The van der Waals surface area contributed by atoms with Gasteiger partial charge in [0.2, 0.25) is 0 Å². The van der Waals surface area contributed by atoms with Gasteiger partial charge in [-0.1, -0.05) is 13.8 Å². The van der Waals surface area contributed by atoms with Crippen molar-refractivity contribution in [3.63, 3.8) is 0 Å². The number of halogens is 2. The fourth-order valence-corrected chi connectivity index (χ4v) is 1.92. The first-order valence-electron chi connectivity index (χ1n) is 6.13.